The Labute approximate surface area is 234 Å². The Bertz CT molecular complexity index is 1540. The topological polar surface area (TPSA) is 104 Å². The second kappa shape index (κ2) is 11.7. The summed E-state index contributed by atoms with van der Waals surface area (Å²) >= 11 is 0.732. The van der Waals surface area contributed by atoms with Crippen LogP contribution in [0.4, 0.5) is 15.3 Å². The van der Waals surface area contributed by atoms with E-state index < -0.39 is 22.9 Å². The molecule has 0 radical (unpaired) electrons. The maximum atomic E-state index is 15.3. The number of nitrogens with zero attached hydrogens (tertiary/aromatic N) is 4. The molecule has 8 nitrogen and oxygen atoms in total. The average Bonchev–Trinajstić information content (AvgIpc) is 3.57. The number of carboxylic acid groups (broad SMARTS) is 1. The SMILES string of the molecule is CN(C(=O)C(CC(=O)O)Cc1ccccc1)c1nc(-c2ccccc2-c2ccc(N3CCCC3=O)nc2)c(F)s1. The normalized spacial score (nSPS) is 13.8. The lowest BCUT2D eigenvalue weighted by Crippen LogP contribution is -2.35. The molecule has 10 heteroatoms. The largest absolute Gasteiger partial charge is 0.481 e. The molecule has 1 unspecified atom stereocenters. The Hall–Kier alpha value is -4.44. The smallest absolute Gasteiger partial charge is 0.304 e. The lowest BCUT2D eigenvalue weighted by atomic mass is 9.95. The van der Waals surface area contributed by atoms with Crippen LogP contribution in [0.25, 0.3) is 22.4 Å². The summed E-state index contributed by atoms with van der Waals surface area (Å²) in [7, 11) is 1.48. The van der Waals surface area contributed by atoms with Gasteiger partial charge in [-0.1, -0.05) is 65.9 Å². The van der Waals surface area contributed by atoms with Gasteiger partial charge in [0.25, 0.3) is 0 Å². The van der Waals surface area contributed by atoms with E-state index >= 15 is 4.39 Å². The minimum absolute atomic E-state index is 0.0470. The molecule has 3 heterocycles. The van der Waals surface area contributed by atoms with E-state index in [0.29, 0.717) is 29.9 Å². The predicted molar refractivity (Wildman–Crippen MR) is 152 cm³/mol. The first-order chi connectivity index (χ1) is 19.3. The van der Waals surface area contributed by atoms with Crippen molar-refractivity contribution in [3.8, 4) is 22.4 Å². The Balaban J connectivity index is 1.41. The molecule has 2 aromatic heterocycles. The van der Waals surface area contributed by atoms with E-state index in [2.05, 4.69) is 9.97 Å². The number of benzene rings is 2. The van der Waals surface area contributed by atoms with Gasteiger partial charge in [0.15, 0.2) is 5.13 Å². The third-order valence-corrected chi connectivity index (χ3v) is 7.80. The summed E-state index contributed by atoms with van der Waals surface area (Å²) in [6.07, 6.45) is 2.86. The average molecular weight is 559 g/mol. The van der Waals surface area contributed by atoms with Crippen LogP contribution in [0.15, 0.2) is 72.9 Å². The summed E-state index contributed by atoms with van der Waals surface area (Å²) in [6.45, 7) is 0.638. The zero-order chi connectivity index (χ0) is 28.2. The molecule has 1 atom stereocenters. The Kier molecular flexibility index (Phi) is 7.97. The van der Waals surface area contributed by atoms with Crippen molar-refractivity contribution in [3.63, 3.8) is 0 Å². The molecule has 2 aromatic carbocycles. The number of pyridine rings is 1. The van der Waals surface area contributed by atoms with Gasteiger partial charge in [-0.05, 0) is 36.1 Å². The van der Waals surface area contributed by atoms with Crippen molar-refractivity contribution in [2.24, 2.45) is 5.92 Å². The van der Waals surface area contributed by atoms with Gasteiger partial charge >= 0.3 is 5.97 Å². The van der Waals surface area contributed by atoms with E-state index in [0.717, 1.165) is 28.9 Å². The summed E-state index contributed by atoms with van der Waals surface area (Å²) < 4.78 is 15.3. The quantitative estimate of drug-likeness (QED) is 0.294. The molecule has 0 saturated carbocycles. The second-order valence-electron chi connectivity index (χ2n) is 9.60. The van der Waals surface area contributed by atoms with Gasteiger partial charge in [0.05, 0.1) is 12.3 Å². The molecule has 5 rings (SSSR count). The Morgan fingerprint density at radius 2 is 1.80 bits per heavy atom. The standard InChI is InChI=1S/C30H27FN4O4S/c1-34(29(39)21(17-26(37)38)16-19-8-3-2-4-9-19)30-33-27(28(31)40-30)23-11-6-5-10-22(23)20-13-14-24(32-18-20)35-15-7-12-25(35)36/h2-6,8-11,13-14,18,21H,7,12,15-17H2,1H3,(H,37,38). The molecule has 1 aliphatic heterocycles. The minimum Gasteiger partial charge on any atom is -0.481 e. The highest BCUT2D eigenvalue weighted by Crippen LogP contribution is 2.37. The van der Waals surface area contributed by atoms with E-state index in [4.69, 9.17) is 0 Å². The van der Waals surface area contributed by atoms with Crippen LogP contribution in [0.2, 0.25) is 0 Å². The summed E-state index contributed by atoms with van der Waals surface area (Å²) in [4.78, 5) is 48.8. The molecule has 40 heavy (non-hydrogen) atoms. The number of hydrogen-bond donors (Lipinski definition) is 1. The number of carbonyl (C=O) groups excluding carboxylic acids is 2. The summed E-state index contributed by atoms with van der Waals surface area (Å²) in [5.41, 5.74) is 2.89. The fourth-order valence-electron chi connectivity index (χ4n) is 4.86. The van der Waals surface area contributed by atoms with Crippen LogP contribution in [0.5, 0.6) is 0 Å². The molecule has 4 aromatic rings. The molecule has 0 bridgehead atoms. The number of rotatable bonds is 9. The first kappa shape index (κ1) is 27.1. The van der Waals surface area contributed by atoms with Crippen molar-refractivity contribution in [2.75, 3.05) is 23.4 Å². The van der Waals surface area contributed by atoms with Crippen molar-refractivity contribution < 1.29 is 23.9 Å². The van der Waals surface area contributed by atoms with Crippen LogP contribution in [0.1, 0.15) is 24.8 Å². The maximum absolute atomic E-state index is 15.3. The number of thiazole rings is 1. The van der Waals surface area contributed by atoms with Crippen LogP contribution in [-0.4, -0.2) is 46.5 Å². The highest BCUT2D eigenvalue weighted by Gasteiger charge is 2.29. The molecule has 1 fully saturated rings. The number of carbonyl (C=O) groups is 3. The summed E-state index contributed by atoms with van der Waals surface area (Å²) in [5, 5.41) is 9.00. The molecular weight excluding hydrogens is 531 g/mol. The van der Waals surface area contributed by atoms with Gasteiger partial charge in [0.2, 0.25) is 16.9 Å². The van der Waals surface area contributed by atoms with Crippen molar-refractivity contribution >= 4 is 40.1 Å². The molecule has 204 valence electrons. The van der Waals surface area contributed by atoms with E-state index in [1.807, 2.05) is 48.5 Å². The fraction of sp³-hybridized carbons (Fsp3) is 0.233. The van der Waals surface area contributed by atoms with Gasteiger partial charge in [-0.25, -0.2) is 9.97 Å². The number of anilines is 2. The minimum atomic E-state index is -1.09. The highest BCUT2D eigenvalue weighted by molar-refractivity contribution is 7.14. The van der Waals surface area contributed by atoms with Gasteiger partial charge in [0.1, 0.15) is 11.5 Å². The predicted octanol–water partition coefficient (Wildman–Crippen LogP) is 5.43. The van der Waals surface area contributed by atoms with Gasteiger partial charge in [-0.15, -0.1) is 0 Å². The third kappa shape index (κ3) is 5.76. The number of aliphatic carboxylic acids is 1. The summed E-state index contributed by atoms with van der Waals surface area (Å²) in [6, 6.07) is 20.0. The molecule has 0 spiro atoms. The van der Waals surface area contributed by atoms with Crippen LogP contribution in [-0.2, 0) is 20.8 Å². The zero-order valence-electron chi connectivity index (χ0n) is 21.8. The number of amides is 2. The Morgan fingerprint density at radius 3 is 2.45 bits per heavy atom. The first-order valence-corrected chi connectivity index (χ1v) is 13.7. The Morgan fingerprint density at radius 1 is 1.07 bits per heavy atom. The lowest BCUT2D eigenvalue weighted by Gasteiger charge is -2.21. The van der Waals surface area contributed by atoms with E-state index in [1.165, 1.54) is 11.9 Å². The van der Waals surface area contributed by atoms with Gasteiger partial charge in [0, 0.05) is 37.3 Å². The highest BCUT2D eigenvalue weighted by atomic mass is 32.1. The maximum Gasteiger partial charge on any atom is 0.304 e. The molecule has 1 N–H and O–H groups in total. The second-order valence-corrected chi connectivity index (χ2v) is 10.5. The van der Waals surface area contributed by atoms with Gasteiger partial charge in [-0.2, -0.15) is 4.39 Å². The third-order valence-electron chi connectivity index (χ3n) is 6.88. The number of carboxylic acids is 1. The molecular formula is C30H27FN4O4S. The van der Waals surface area contributed by atoms with E-state index in [9.17, 15) is 19.5 Å². The van der Waals surface area contributed by atoms with Crippen LogP contribution in [0, 0.1) is 11.0 Å². The van der Waals surface area contributed by atoms with E-state index in [1.54, 1.807) is 29.3 Å². The molecule has 0 aliphatic carbocycles. The first-order valence-electron chi connectivity index (χ1n) is 12.9. The fourth-order valence-corrected chi connectivity index (χ4v) is 5.64. The van der Waals surface area contributed by atoms with Gasteiger partial charge in [-0.3, -0.25) is 24.2 Å². The van der Waals surface area contributed by atoms with Crippen LogP contribution < -0.4 is 9.80 Å². The monoisotopic (exact) mass is 558 g/mol. The van der Waals surface area contributed by atoms with E-state index in [-0.39, 0.29) is 29.6 Å². The number of hydrogen-bond acceptors (Lipinski definition) is 6. The van der Waals surface area contributed by atoms with Crippen molar-refractivity contribution in [1.82, 2.24) is 9.97 Å². The summed E-state index contributed by atoms with van der Waals surface area (Å²) in [5.74, 6) is -1.74. The van der Waals surface area contributed by atoms with Crippen molar-refractivity contribution in [1.29, 1.82) is 0 Å². The van der Waals surface area contributed by atoms with Crippen LogP contribution >= 0.6 is 11.3 Å². The molecule has 1 saturated heterocycles. The van der Waals surface area contributed by atoms with Crippen LogP contribution in [0.3, 0.4) is 0 Å². The lowest BCUT2D eigenvalue weighted by molar-refractivity contribution is -0.140. The molecule has 1 aliphatic rings. The zero-order valence-corrected chi connectivity index (χ0v) is 22.6. The number of halogens is 1. The van der Waals surface area contributed by atoms with Gasteiger partial charge < -0.3 is 5.11 Å². The number of aromatic nitrogens is 2. The van der Waals surface area contributed by atoms with Crippen molar-refractivity contribution in [3.05, 3.63) is 83.6 Å². The van der Waals surface area contributed by atoms with Crippen molar-refractivity contribution in [2.45, 2.75) is 25.7 Å². The molecule has 2 amide bonds.